The summed E-state index contributed by atoms with van der Waals surface area (Å²) in [4.78, 5) is 52.7. The Bertz CT molecular complexity index is 1400. The van der Waals surface area contributed by atoms with Gasteiger partial charge in [-0.25, -0.2) is 40.0 Å². The highest BCUT2D eigenvalue weighted by Crippen LogP contribution is 2.59. The lowest BCUT2D eigenvalue weighted by molar-refractivity contribution is -0.139. The molecule has 2 aromatic rings. The molecule has 6 N–H and O–H groups in total. The normalized spacial score (nSPS) is 21.1. The van der Waals surface area contributed by atoms with E-state index in [-0.39, 0.29) is 22.5 Å². The molecule has 2 aliphatic heterocycles. The molecule has 14 nitrogen and oxygen atoms in total. The van der Waals surface area contributed by atoms with Gasteiger partial charge in [0.15, 0.2) is 5.41 Å². The number of hydrogen-bond donors (Lipinski definition) is 5. The molecule has 0 spiro atoms. The van der Waals surface area contributed by atoms with E-state index in [4.69, 9.17) is 15.2 Å². The molecule has 0 aliphatic carbocycles. The van der Waals surface area contributed by atoms with Crippen molar-refractivity contribution in [2.24, 2.45) is 11.1 Å². The van der Waals surface area contributed by atoms with Crippen LogP contribution in [-0.4, -0.2) is 54.0 Å². The number of fused-ring (bicyclic) bond motifs is 1. The van der Waals surface area contributed by atoms with Gasteiger partial charge in [-0.3, -0.25) is 5.73 Å². The lowest BCUT2D eigenvalue weighted by Gasteiger charge is -2.46. The molecule has 212 valence electrons. The number of rotatable bonds is 6. The fourth-order valence-electron chi connectivity index (χ4n) is 5.11. The zero-order valence-electron chi connectivity index (χ0n) is 22.6. The number of nitrogens with one attached hydrogen (secondary N) is 4. The second kappa shape index (κ2) is 10.9. The molecule has 41 heavy (non-hydrogen) atoms. The van der Waals surface area contributed by atoms with Crippen LogP contribution in [0.25, 0.3) is 0 Å². The molecule has 0 fully saturated rings. The summed E-state index contributed by atoms with van der Waals surface area (Å²) in [6.45, 7) is 2.82. The first kappa shape index (κ1) is 28.5. The number of nitriles is 1. The number of ether oxygens (including phenoxy) is 2. The van der Waals surface area contributed by atoms with Crippen molar-refractivity contribution >= 4 is 35.4 Å². The van der Waals surface area contributed by atoms with Gasteiger partial charge in [0.25, 0.3) is 0 Å². The van der Waals surface area contributed by atoms with Crippen LogP contribution in [0.2, 0.25) is 0 Å². The highest BCUT2D eigenvalue weighted by Gasteiger charge is 2.75. The molecule has 0 saturated carbocycles. The Morgan fingerprint density at radius 3 is 1.44 bits per heavy atom. The summed E-state index contributed by atoms with van der Waals surface area (Å²) in [5, 5.41) is 18.0. The van der Waals surface area contributed by atoms with Crippen LogP contribution in [0.3, 0.4) is 0 Å². The summed E-state index contributed by atoms with van der Waals surface area (Å²) in [6, 6.07) is 17.3. The van der Waals surface area contributed by atoms with Crippen LogP contribution in [0, 0.1) is 16.7 Å². The van der Waals surface area contributed by atoms with E-state index in [9.17, 15) is 24.4 Å². The number of nitrogens with two attached hydrogens (primary N) is 1. The van der Waals surface area contributed by atoms with Gasteiger partial charge in [0.2, 0.25) is 5.79 Å². The first-order valence-corrected chi connectivity index (χ1v) is 12.2. The molecule has 0 bridgehead atoms. The molecule has 2 heterocycles. The first-order valence-electron chi connectivity index (χ1n) is 12.2. The van der Waals surface area contributed by atoms with Crippen molar-refractivity contribution in [3.8, 4) is 6.07 Å². The van der Waals surface area contributed by atoms with Crippen molar-refractivity contribution < 1.29 is 28.7 Å². The Labute approximate surface area is 235 Å². The Hall–Kier alpha value is -5.55. The number of para-hydroxylation sites is 2. The maximum Gasteiger partial charge on any atom is 0.338 e. The van der Waals surface area contributed by atoms with Crippen LogP contribution in [0.15, 0.2) is 83.2 Å². The van der Waals surface area contributed by atoms with Gasteiger partial charge in [0.05, 0.1) is 31.4 Å². The van der Waals surface area contributed by atoms with Crippen molar-refractivity contribution in [2.45, 2.75) is 19.6 Å². The van der Waals surface area contributed by atoms with Crippen molar-refractivity contribution in [2.75, 3.05) is 24.9 Å². The SMILES string of the molecule is COC(=O)C1=C(C)N(NC(=O)Nc2ccccc2)C2(N)N(NC(=O)Nc3ccccc3)C(C)=C(C(=O)OC)C12C#N. The molecule has 0 radical (unpaired) electrons. The summed E-state index contributed by atoms with van der Waals surface area (Å²) in [7, 11) is 2.19. The van der Waals surface area contributed by atoms with Gasteiger partial charge in [-0.05, 0) is 38.1 Å². The van der Waals surface area contributed by atoms with E-state index in [1.54, 1.807) is 60.7 Å². The maximum absolute atomic E-state index is 13.2. The molecule has 0 unspecified atom stereocenters. The molecule has 2 aromatic carbocycles. The van der Waals surface area contributed by atoms with Crippen molar-refractivity contribution in [3.05, 3.63) is 83.2 Å². The zero-order chi connectivity index (χ0) is 29.9. The molecule has 14 heteroatoms. The van der Waals surface area contributed by atoms with Gasteiger partial charge in [-0.1, -0.05) is 36.4 Å². The zero-order valence-corrected chi connectivity index (χ0v) is 22.6. The van der Waals surface area contributed by atoms with E-state index in [0.29, 0.717) is 11.4 Å². The predicted molar refractivity (Wildman–Crippen MR) is 145 cm³/mol. The number of nitrogens with zero attached hydrogens (tertiary/aromatic N) is 3. The molecular formula is C27H28N8O6. The number of hydrogen-bond acceptors (Lipinski definition) is 10. The number of amides is 4. The van der Waals surface area contributed by atoms with Crippen LogP contribution in [0.1, 0.15) is 13.8 Å². The first-order chi connectivity index (χ1) is 19.6. The van der Waals surface area contributed by atoms with E-state index in [1.165, 1.54) is 13.8 Å². The lowest BCUT2D eigenvalue weighted by Crippen LogP contribution is -2.75. The largest absolute Gasteiger partial charge is 0.466 e. The second-order valence-electron chi connectivity index (χ2n) is 9.03. The van der Waals surface area contributed by atoms with E-state index >= 15 is 0 Å². The summed E-state index contributed by atoms with van der Waals surface area (Å²) in [5.41, 5.74) is 9.94. The van der Waals surface area contributed by atoms with Gasteiger partial charge in [0, 0.05) is 22.8 Å². The Kier molecular flexibility index (Phi) is 7.57. The fraction of sp³-hybridized carbons (Fsp3) is 0.222. The third-order valence-corrected chi connectivity index (χ3v) is 6.81. The molecule has 4 amide bonds. The minimum absolute atomic E-state index is 0.0201. The summed E-state index contributed by atoms with van der Waals surface area (Å²) < 4.78 is 9.95. The standard InChI is InChI=1S/C27H28N8O6/c1-16-20(22(36)40-3)26(15-28)21(23(37)41-4)17(2)35(33-25(39)31-19-13-9-6-10-14-19)27(26,29)34(16)32-24(38)30-18-11-7-5-8-12-18/h5-14H,29H2,1-4H3,(H2,30,32,38)(H2,31,33,39). The van der Waals surface area contributed by atoms with E-state index in [1.807, 2.05) is 6.07 Å². The maximum atomic E-state index is 13.2. The minimum atomic E-state index is -2.30. The minimum Gasteiger partial charge on any atom is -0.466 e. The van der Waals surface area contributed by atoms with Gasteiger partial charge >= 0.3 is 24.0 Å². The molecular weight excluding hydrogens is 532 g/mol. The summed E-state index contributed by atoms with van der Waals surface area (Å²) in [6.07, 6.45) is 0. The predicted octanol–water partition coefficient (Wildman–Crippen LogP) is 2.11. The highest BCUT2D eigenvalue weighted by molar-refractivity contribution is 6.02. The number of carbonyl (C=O) groups excluding carboxylic acids is 4. The number of esters is 2. The third-order valence-electron chi connectivity index (χ3n) is 6.81. The van der Waals surface area contributed by atoms with Gasteiger partial charge < -0.3 is 20.1 Å². The fourth-order valence-corrected chi connectivity index (χ4v) is 5.11. The third kappa shape index (κ3) is 4.43. The van der Waals surface area contributed by atoms with Crippen LogP contribution >= 0.6 is 0 Å². The van der Waals surface area contributed by atoms with Crippen LogP contribution in [0.4, 0.5) is 21.0 Å². The average molecular weight is 561 g/mol. The number of urea groups is 2. The number of hydrazine groups is 2. The molecule has 0 atom stereocenters. The summed E-state index contributed by atoms with van der Waals surface area (Å²) in [5.74, 6) is -4.28. The topological polar surface area (TPSA) is 191 Å². The Balaban J connectivity index is 1.85. The van der Waals surface area contributed by atoms with Gasteiger partial charge in [0.1, 0.15) is 0 Å². The Morgan fingerprint density at radius 1 is 0.756 bits per heavy atom. The highest BCUT2D eigenvalue weighted by atomic mass is 16.5. The smallest absolute Gasteiger partial charge is 0.338 e. The molecule has 0 aromatic heterocycles. The van der Waals surface area contributed by atoms with Gasteiger partial charge in [-0.2, -0.15) is 5.26 Å². The number of benzene rings is 2. The number of methoxy groups -OCH3 is 2. The van der Waals surface area contributed by atoms with E-state index in [2.05, 4.69) is 21.5 Å². The molecule has 0 saturated heterocycles. The monoisotopic (exact) mass is 560 g/mol. The number of carbonyl (C=O) groups is 4. The lowest BCUT2D eigenvalue weighted by atomic mass is 9.72. The van der Waals surface area contributed by atoms with Crippen molar-refractivity contribution in [1.82, 2.24) is 20.9 Å². The molecule has 4 rings (SSSR count). The molecule has 2 aliphatic rings. The quantitative estimate of drug-likeness (QED) is 0.327. The summed E-state index contributed by atoms with van der Waals surface area (Å²) >= 11 is 0. The Morgan fingerprint density at radius 2 is 1.12 bits per heavy atom. The van der Waals surface area contributed by atoms with Gasteiger partial charge in [-0.15, -0.1) is 0 Å². The van der Waals surface area contributed by atoms with Crippen LogP contribution < -0.4 is 27.2 Å². The van der Waals surface area contributed by atoms with Crippen LogP contribution in [0.5, 0.6) is 0 Å². The number of anilines is 2. The average Bonchev–Trinajstić information content (AvgIpc) is 3.27. The number of allylic oxidation sites excluding steroid dienone is 2. The van der Waals surface area contributed by atoms with Crippen molar-refractivity contribution in [3.63, 3.8) is 0 Å². The van der Waals surface area contributed by atoms with E-state index in [0.717, 1.165) is 24.2 Å². The van der Waals surface area contributed by atoms with E-state index < -0.39 is 35.2 Å². The second-order valence-corrected chi connectivity index (χ2v) is 9.03. The van der Waals surface area contributed by atoms with Crippen molar-refractivity contribution in [1.29, 1.82) is 5.26 Å². The van der Waals surface area contributed by atoms with Crippen LogP contribution in [-0.2, 0) is 19.1 Å².